The first-order valence-electron chi connectivity index (χ1n) is 5.50. The molecule has 1 rings (SSSR count). The Bertz CT molecular complexity index is 518. The van der Waals surface area contributed by atoms with Gasteiger partial charge in [-0.05, 0) is 18.1 Å². The van der Waals surface area contributed by atoms with E-state index in [0.717, 1.165) is 6.42 Å². The predicted molar refractivity (Wildman–Crippen MR) is 65.8 cm³/mol. The highest BCUT2D eigenvalue weighted by Gasteiger charge is 2.18. The van der Waals surface area contributed by atoms with Crippen molar-refractivity contribution in [3.05, 3.63) is 29.8 Å². The summed E-state index contributed by atoms with van der Waals surface area (Å²) in [7, 11) is -3.58. The lowest BCUT2D eigenvalue weighted by atomic mass is 10.1. The van der Waals surface area contributed by atoms with Crippen molar-refractivity contribution in [1.82, 2.24) is 4.72 Å². The van der Waals surface area contributed by atoms with Crippen molar-refractivity contribution in [1.29, 1.82) is 5.26 Å². The molecule has 0 aliphatic carbocycles. The summed E-state index contributed by atoms with van der Waals surface area (Å²) in [5.41, 5.74) is 0.171. The topological polar surface area (TPSA) is 70.0 Å². The Morgan fingerprint density at radius 3 is 2.65 bits per heavy atom. The van der Waals surface area contributed by atoms with E-state index >= 15 is 0 Å². The first-order chi connectivity index (χ1) is 8.01. The molecule has 0 spiro atoms. The number of rotatable bonds is 5. The number of hydrogen-bond donors (Lipinski definition) is 1. The Labute approximate surface area is 102 Å². The van der Waals surface area contributed by atoms with Crippen LogP contribution in [0.5, 0.6) is 0 Å². The molecular weight excluding hydrogens is 236 g/mol. The quantitative estimate of drug-likeness (QED) is 0.869. The second-order valence-electron chi connectivity index (χ2n) is 3.97. The summed E-state index contributed by atoms with van der Waals surface area (Å²) in [6, 6.07) is 8.08. The molecular formula is C12H16N2O2S. The fourth-order valence-electron chi connectivity index (χ4n) is 1.27. The highest BCUT2D eigenvalue weighted by molar-refractivity contribution is 7.89. The van der Waals surface area contributed by atoms with Crippen LogP contribution in [0.25, 0.3) is 0 Å². The zero-order chi connectivity index (χ0) is 12.9. The molecule has 92 valence electrons. The Hall–Kier alpha value is -1.38. The number of nitrogens with one attached hydrogen (secondary N) is 1. The lowest BCUT2D eigenvalue weighted by Gasteiger charge is -2.11. The zero-order valence-corrected chi connectivity index (χ0v) is 10.8. The lowest BCUT2D eigenvalue weighted by molar-refractivity contribution is 0.528. The lowest BCUT2D eigenvalue weighted by Crippen LogP contribution is -2.28. The van der Waals surface area contributed by atoms with E-state index in [4.69, 9.17) is 5.26 Å². The predicted octanol–water partition coefficient (Wildman–Crippen LogP) is 1.88. The number of hydrogen-bond acceptors (Lipinski definition) is 3. The molecule has 0 aliphatic rings. The smallest absolute Gasteiger partial charge is 0.211 e. The third-order valence-electron chi connectivity index (χ3n) is 2.62. The Kier molecular flexibility index (Phi) is 4.67. The maximum absolute atomic E-state index is 12.0. The summed E-state index contributed by atoms with van der Waals surface area (Å²) in [6.45, 7) is 4.36. The van der Waals surface area contributed by atoms with E-state index in [0.29, 0.717) is 6.54 Å². The van der Waals surface area contributed by atoms with Gasteiger partial charge in [-0.3, -0.25) is 0 Å². The van der Waals surface area contributed by atoms with Crippen LogP contribution in [0, 0.1) is 17.2 Å². The fourth-order valence-corrected chi connectivity index (χ4v) is 2.59. The summed E-state index contributed by atoms with van der Waals surface area (Å²) in [5, 5.41) is 8.86. The van der Waals surface area contributed by atoms with E-state index in [-0.39, 0.29) is 16.4 Å². The molecule has 0 aromatic heterocycles. The highest BCUT2D eigenvalue weighted by atomic mass is 32.2. The Morgan fingerprint density at radius 2 is 2.06 bits per heavy atom. The largest absolute Gasteiger partial charge is 0.241 e. The van der Waals surface area contributed by atoms with Gasteiger partial charge in [-0.2, -0.15) is 5.26 Å². The molecule has 0 saturated heterocycles. The molecule has 5 heteroatoms. The van der Waals surface area contributed by atoms with Crippen LogP contribution in [0.15, 0.2) is 29.2 Å². The summed E-state index contributed by atoms with van der Waals surface area (Å²) >= 11 is 0. The first kappa shape index (κ1) is 13.7. The minimum Gasteiger partial charge on any atom is -0.211 e. The molecule has 0 aliphatic heterocycles. The summed E-state index contributed by atoms with van der Waals surface area (Å²) < 4.78 is 26.5. The molecule has 4 nitrogen and oxygen atoms in total. The van der Waals surface area contributed by atoms with E-state index in [9.17, 15) is 8.42 Å². The molecule has 0 radical (unpaired) electrons. The summed E-state index contributed by atoms with van der Waals surface area (Å²) in [5.74, 6) is 0.277. The van der Waals surface area contributed by atoms with Gasteiger partial charge in [0.1, 0.15) is 6.07 Å². The fraction of sp³-hybridized carbons (Fsp3) is 0.417. The highest BCUT2D eigenvalue weighted by Crippen LogP contribution is 2.14. The SMILES string of the molecule is CCC(C)CNS(=O)(=O)c1ccccc1C#N. The third kappa shape index (κ3) is 3.55. The number of nitriles is 1. The van der Waals surface area contributed by atoms with Gasteiger partial charge in [-0.15, -0.1) is 0 Å². The molecule has 1 aromatic carbocycles. The molecule has 0 saturated carbocycles. The second kappa shape index (κ2) is 5.80. The normalized spacial score (nSPS) is 13.0. The molecule has 1 aromatic rings. The van der Waals surface area contributed by atoms with Gasteiger partial charge in [0.15, 0.2) is 0 Å². The molecule has 17 heavy (non-hydrogen) atoms. The van der Waals surface area contributed by atoms with Gasteiger partial charge in [0.25, 0.3) is 0 Å². The van der Waals surface area contributed by atoms with Gasteiger partial charge in [-0.1, -0.05) is 32.4 Å². The van der Waals surface area contributed by atoms with Gasteiger partial charge >= 0.3 is 0 Å². The summed E-state index contributed by atoms with van der Waals surface area (Å²) in [4.78, 5) is 0.0470. The molecule has 1 unspecified atom stereocenters. The minimum absolute atomic E-state index is 0.0470. The van der Waals surface area contributed by atoms with Gasteiger partial charge < -0.3 is 0 Å². The van der Waals surface area contributed by atoms with Gasteiger partial charge in [-0.25, -0.2) is 13.1 Å². The summed E-state index contributed by atoms with van der Waals surface area (Å²) in [6.07, 6.45) is 0.905. The van der Waals surface area contributed by atoms with Crippen LogP contribution < -0.4 is 4.72 Å². The Balaban J connectivity index is 2.95. The van der Waals surface area contributed by atoms with E-state index in [1.165, 1.54) is 12.1 Å². The maximum Gasteiger partial charge on any atom is 0.241 e. The standard InChI is InChI=1S/C12H16N2O2S/c1-3-10(2)9-14-17(15,16)12-7-5-4-6-11(12)8-13/h4-7,10,14H,3,9H2,1-2H3. The number of sulfonamides is 1. The number of benzene rings is 1. The van der Waals surface area contributed by atoms with Crippen molar-refractivity contribution >= 4 is 10.0 Å². The van der Waals surface area contributed by atoms with Crippen LogP contribution in [0.4, 0.5) is 0 Å². The van der Waals surface area contributed by atoms with Crippen LogP contribution in [-0.4, -0.2) is 15.0 Å². The first-order valence-corrected chi connectivity index (χ1v) is 6.98. The van der Waals surface area contributed by atoms with Crippen molar-refractivity contribution in [2.24, 2.45) is 5.92 Å². The van der Waals surface area contributed by atoms with Crippen molar-refractivity contribution in [2.45, 2.75) is 25.2 Å². The average molecular weight is 252 g/mol. The maximum atomic E-state index is 12.0. The minimum atomic E-state index is -3.58. The van der Waals surface area contributed by atoms with Crippen LogP contribution in [0.2, 0.25) is 0 Å². The monoisotopic (exact) mass is 252 g/mol. The van der Waals surface area contributed by atoms with Crippen LogP contribution in [0.1, 0.15) is 25.8 Å². The molecule has 1 N–H and O–H groups in total. The van der Waals surface area contributed by atoms with Gasteiger partial charge in [0.2, 0.25) is 10.0 Å². The molecule has 0 fully saturated rings. The van der Waals surface area contributed by atoms with Gasteiger partial charge in [0, 0.05) is 6.54 Å². The van der Waals surface area contributed by atoms with E-state index in [1.54, 1.807) is 12.1 Å². The molecule has 0 amide bonds. The van der Waals surface area contributed by atoms with Crippen molar-refractivity contribution in [2.75, 3.05) is 6.54 Å². The third-order valence-corrected chi connectivity index (χ3v) is 4.10. The zero-order valence-electron chi connectivity index (χ0n) is 9.97. The van der Waals surface area contributed by atoms with E-state index in [1.807, 2.05) is 19.9 Å². The second-order valence-corrected chi connectivity index (χ2v) is 5.71. The average Bonchev–Trinajstić information content (AvgIpc) is 2.35. The van der Waals surface area contributed by atoms with Crippen LogP contribution in [-0.2, 0) is 10.0 Å². The molecule has 0 bridgehead atoms. The molecule has 1 atom stereocenters. The molecule has 0 heterocycles. The van der Waals surface area contributed by atoms with Crippen LogP contribution in [0.3, 0.4) is 0 Å². The van der Waals surface area contributed by atoms with Crippen molar-refractivity contribution in [3.8, 4) is 6.07 Å². The van der Waals surface area contributed by atoms with E-state index < -0.39 is 10.0 Å². The van der Waals surface area contributed by atoms with E-state index in [2.05, 4.69) is 4.72 Å². The van der Waals surface area contributed by atoms with Gasteiger partial charge in [0.05, 0.1) is 10.5 Å². The van der Waals surface area contributed by atoms with Crippen molar-refractivity contribution in [3.63, 3.8) is 0 Å². The van der Waals surface area contributed by atoms with Crippen molar-refractivity contribution < 1.29 is 8.42 Å². The number of nitrogens with zero attached hydrogens (tertiary/aromatic N) is 1. The Morgan fingerprint density at radius 1 is 1.41 bits per heavy atom. The van der Waals surface area contributed by atoms with Crippen LogP contribution >= 0.6 is 0 Å².